The average Bonchev–Trinajstić information content (AvgIpc) is 3.57. The first-order valence-corrected chi connectivity index (χ1v) is 15.5. The van der Waals surface area contributed by atoms with Gasteiger partial charge < -0.3 is 0 Å². The van der Waals surface area contributed by atoms with Gasteiger partial charge in [0.2, 0.25) is 0 Å². The molecule has 0 aliphatic heterocycles. The first-order valence-electron chi connectivity index (χ1n) is 15.5. The van der Waals surface area contributed by atoms with Crippen molar-refractivity contribution in [3.8, 4) is 0 Å². The van der Waals surface area contributed by atoms with Crippen molar-refractivity contribution in [1.82, 2.24) is 0 Å². The molecule has 4 aliphatic rings. The van der Waals surface area contributed by atoms with Crippen molar-refractivity contribution in [1.29, 1.82) is 0 Å². The fourth-order valence-electron chi connectivity index (χ4n) is 8.80. The fourth-order valence-corrected chi connectivity index (χ4v) is 8.80. The molecule has 0 spiro atoms. The van der Waals surface area contributed by atoms with E-state index in [2.05, 4.69) is 139 Å². The Bertz CT molecular complexity index is 1180. The molecule has 4 unspecified atom stereocenters. The van der Waals surface area contributed by atoms with Gasteiger partial charge in [0.1, 0.15) is 0 Å². The number of allylic oxidation sites excluding steroid dienone is 8. The van der Waals surface area contributed by atoms with Crippen LogP contribution in [0.4, 0.5) is 0 Å². The summed E-state index contributed by atoms with van der Waals surface area (Å²) < 4.78 is 0. The van der Waals surface area contributed by atoms with E-state index in [1.165, 1.54) is 36.8 Å². The van der Waals surface area contributed by atoms with Crippen LogP contribution in [0.5, 0.6) is 0 Å². The molecule has 39 heavy (non-hydrogen) atoms. The predicted octanol–water partition coefficient (Wildman–Crippen LogP) is 10.1. The predicted molar refractivity (Wildman–Crippen MR) is 167 cm³/mol. The average molecular weight is 517 g/mol. The molecule has 0 bridgehead atoms. The molecular weight excluding hydrogens is 468 g/mol. The molecule has 0 heterocycles. The Balaban J connectivity index is 1.61. The number of benzene rings is 2. The normalized spacial score (nSPS) is 28.6. The molecule has 0 nitrogen and oxygen atoms in total. The van der Waals surface area contributed by atoms with E-state index in [1.54, 1.807) is 11.1 Å². The maximum Gasteiger partial charge on any atom is 0.0270 e. The van der Waals surface area contributed by atoms with E-state index in [0.717, 1.165) is 0 Å². The van der Waals surface area contributed by atoms with Crippen molar-refractivity contribution >= 4 is 0 Å². The second kappa shape index (κ2) is 9.79. The Morgan fingerprint density at radius 3 is 1.15 bits per heavy atom. The fraction of sp³-hybridized carbons (Fsp3) is 0.487. The molecule has 0 radical (unpaired) electrons. The summed E-state index contributed by atoms with van der Waals surface area (Å²) in [6, 6.07) is 19.9. The van der Waals surface area contributed by atoms with Gasteiger partial charge in [-0.3, -0.25) is 0 Å². The van der Waals surface area contributed by atoms with E-state index in [1.807, 2.05) is 0 Å². The molecule has 0 heteroatoms. The molecule has 0 aromatic heterocycles. The van der Waals surface area contributed by atoms with Crippen molar-refractivity contribution in [2.45, 2.75) is 83.5 Å². The summed E-state index contributed by atoms with van der Waals surface area (Å²) in [5.74, 6) is 3.43. The van der Waals surface area contributed by atoms with Crippen LogP contribution in [-0.4, -0.2) is 0 Å². The lowest BCUT2D eigenvalue weighted by Crippen LogP contribution is -2.47. The standard InChI is InChI=1S/C39H48/c1-37(2,3)27-19-23-30(24-20-27)39(29-13-7-8-14-29,31-25-21-28(22-26-31)38(4,5)6)36-34-17-11-9-15-32(34)33-16-10-12-18-35(33)36/h9-12,15-26,29,32-36H,7-8,13-14H2,1-6H3. The SMILES string of the molecule is CC(C)(C)c1ccc(C(c2ccc(C(C)(C)C)cc2)(C2CCCC2)C2C3C=CC=CC3C3C=CC=CC32)cc1. The van der Waals surface area contributed by atoms with Crippen LogP contribution in [0.1, 0.15) is 89.5 Å². The van der Waals surface area contributed by atoms with E-state index < -0.39 is 0 Å². The molecule has 2 aromatic carbocycles. The largest absolute Gasteiger partial charge is 0.0805 e. The Morgan fingerprint density at radius 1 is 0.462 bits per heavy atom. The highest BCUT2D eigenvalue weighted by molar-refractivity contribution is 5.48. The Labute approximate surface area is 238 Å². The second-order valence-corrected chi connectivity index (χ2v) is 14.9. The zero-order valence-electron chi connectivity index (χ0n) is 25.0. The quantitative estimate of drug-likeness (QED) is 0.379. The van der Waals surface area contributed by atoms with Gasteiger partial charge in [-0.15, -0.1) is 0 Å². The third kappa shape index (κ3) is 4.43. The molecule has 2 fully saturated rings. The van der Waals surface area contributed by atoms with Gasteiger partial charge in [-0.1, -0.05) is 152 Å². The minimum atomic E-state index is -0.0172. The van der Waals surface area contributed by atoms with Crippen LogP contribution in [0.15, 0.2) is 97.1 Å². The Kier molecular flexibility index (Phi) is 6.68. The smallest absolute Gasteiger partial charge is 0.0270 e. The van der Waals surface area contributed by atoms with Crippen LogP contribution in [-0.2, 0) is 16.2 Å². The van der Waals surface area contributed by atoms with Crippen LogP contribution < -0.4 is 0 Å². The highest BCUT2D eigenvalue weighted by atomic mass is 14.6. The summed E-state index contributed by atoms with van der Waals surface area (Å²) >= 11 is 0. The van der Waals surface area contributed by atoms with Gasteiger partial charge in [-0.05, 0) is 81.4 Å². The second-order valence-electron chi connectivity index (χ2n) is 14.9. The van der Waals surface area contributed by atoms with Gasteiger partial charge in [0.05, 0.1) is 0 Å². The van der Waals surface area contributed by atoms with E-state index in [-0.39, 0.29) is 16.2 Å². The van der Waals surface area contributed by atoms with Crippen LogP contribution in [0.25, 0.3) is 0 Å². The van der Waals surface area contributed by atoms with Gasteiger partial charge in [-0.2, -0.15) is 0 Å². The number of hydrogen-bond donors (Lipinski definition) is 0. The summed E-state index contributed by atoms with van der Waals surface area (Å²) in [4.78, 5) is 0. The van der Waals surface area contributed by atoms with E-state index in [9.17, 15) is 0 Å². The molecule has 0 N–H and O–H groups in total. The topological polar surface area (TPSA) is 0 Å². The van der Waals surface area contributed by atoms with E-state index in [0.29, 0.717) is 35.5 Å². The van der Waals surface area contributed by atoms with Crippen molar-refractivity contribution in [2.75, 3.05) is 0 Å². The van der Waals surface area contributed by atoms with Crippen LogP contribution in [0, 0.1) is 35.5 Å². The summed E-state index contributed by atoms with van der Waals surface area (Å²) in [6.45, 7) is 14.0. The summed E-state index contributed by atoms with van der Waals surface area (Å²) in [5.41, 5.74) is 6.23. The number of hydrogen-bond acceptors (Lipinski definition) is 0. The molecule has 0 saturated heterocycles. The molecule has 4 atom stereocenters. The molecule has 204 valence electrons. The van der Waals surface area contributed by atoms with Crippen molar-refractivity contribution in [2.24, 2.45) is 35.5 Å². The molecule has 6 rings (SSSR count). The third-order valence-corrected chi connectivity index (χ3v) is 10.7. The maximum absolute atomic E-state index is 2.58. The summed E-state index contributed by atoms with van der Waals surface area (Å²) in [6.07, 6.45) is 24.8. The summed E-state index contributed by atoms with van der Waals surface area (Å²) in [7, 11) is 0. The maximum atomic E-state index is 2.58. The Hall–Kier alpha value is -2.60. The number of rotatable bonds is 4. The van der Waals surface area contributed by atoms with Crippen molar-refractivity contribution < 1.29 is 0 Å². The zero-order chi connectivity index (χ0) is 27.4. The van der Waals surface area contributed by atoms with Gasteiger partial charge in [-0.25, -0.2) is 0 Å². The summed E-state index contributed by atoms with van der Waals surface area (Å²) in [5, 5.41) is 0. The zero-order valence-corrected chi connectivity index (χ0v) is 25.0. The van der Waals surface area contributed by atoms with Crippen molar-refractivity contribution in [3.63, 3.8) is 0 Å². The molecule has 0 amide bonds. The lowest BCUT2D eigenvalue weighted by molar-refractivity contribution is 0.159. The van der Waals surface area contributed by atoms with Crippen LogP contribution in [0.2, 0.25) is 0 Å². The lowest BCUT2D eigenvalue weighted by Gasteiger charge is -2.50. The highest BCUT2D eigenvalue weighted by Gasteiger charge is 2.59. The monoisotopic (exact) mass is 516 g/mol. The molecule has 2 saturated carbocycles. The first-order chi connectivity index (χ1) is 18.6. The first kappa shape index (κ1) is 26.6. The Morgan fingerprint density at radius 2 is 0.795 bits per heavy atom. The van der Waals surface area contributed by atoms with Gasteiger partial charge in [0, 0.05) is 5.41 Å². The van der Waals surface area contributed by atoms with Gasteiger partial charge >= 0.3 is 0 Å². The molecule has 2 aromatic rings. The minimum Gasteiger partial charge on any atom is -0.0805 e. The van der Waals surface area contributed by atoms with Crippen molar-refractivity contribution in [3.05, 3.63) is 119 Å². The van der Waals surface area contributed by atoms with Crippen LogP contribution in [0.3, 0.4) is 0 Å². The molecule has 4 aliphatic carbocycles. The van der Waals surface area contributed by atoms with Gasteiger partial charge in [0.25, 0.3) is 0 Å². The van der Waals surface area contributed by atoms with E-state index in [4.69, 9.17) is 0 Å². The third-order valence-electron chi connectivity index (χ3n) is 10.7. The minimum absolute atomic E-state index is 0.0172. The lowest BCUT2D eigenvalue weighted by atomic mass is 9.53. The van der Waals surface area contributed by atoms with Gasteiger partial charge in [0.15, 0.2) is 0 Å². The number of fused-ring (bicyclic) bond motifs is 3. The van der Waals surface area contributed by atoms with E-state index >= 15 is 0 Å². The van der Waals surface area contributed by atoms with Crippen LogP contribution >= 0.6 is 0 Å². The molecular formula is C39H48. The highest BCUT2D eigenvalue weighted by Crippen LogP contribution is 2.63.